The van der Waals surface area contributed by atoms with Gasteiger partial charge in [0.15, 0.2) is 5.78 Å². The fourth-order valence-electron chi connectivity index (χ4n) is 4.26. The molecule has 0 N–H and O–H groups in total. The summed E-state index contributed by atoms with van der Waals surface area (Å²) in [6, 6.07) is 0. The molecule has 0 radical (unpaired) electrons. The molecular weight excluding hydrogens is 320 g/mol. The van der Waals surface area contributed by atoms with Crippen molar-refractivity contribution in [1.29, 1.82) is 0 Å². The van der Waals surface area contributed by atoms with Crippen LogP contribution in [0.15, 0.2) is 34.4 Å². The quantitative estimate of drug-likeness (QED) is 0.569. The first-order chi connectivity index (χ1) is 11.8. The van der Waals surface area contributed by atoms with Gasteiger partial charge in [-0.3, -0.25) is 9.59 Å². The molecule has 134 valence electrons. The Morgan fingerprint density at radius 3 is 2.64 bits per heavy atom. The molecule has 0 aromatic heterocycles. The van der Waals surface area contributed by atoms with Gasteiger partial charge in [-0.2, -0.15) is 0 Å². The average Bonchev–Trinajstić information content (AvgIpc) is 2.96. The standard InChI is InChI=1S/C20H24O5/c1-6-9(2)19(22)24-14-8-11(4)15-13(21)7-10(3)16(15)18-17(14)12(5)20(23)25-18/h6-7,12,14,16-18H,8H2,1-5H3/b9-6+/t12-,14+,16+,17+,18-/m0/s1. The van der Waals surface area contributed by atoms with Gasteiger partial charge in [0.1, 0.15) is 12.2 Å². The van der Waals surface area contributed by atoms with Crippen LogP contribution in [-0.2, 0) is 23.9 Å². The van der Waals surface area contributed by atoms with E-state index in [1.165, 1.54) is 0 Å². The maximum atomic E-state index is 12.4. The van der Waals surface area contributed by atoms with Gasteiger partial charge in [0.05, 0.1) is 5.92 Å². The highest BCUT2D eigenvalue weighted by Gasteiger charge is 2.55. The van der Waals surface area contributed by atoms with Crippen molar-refractivity contribution in [3.63, 3.8) is 0 Å². The molecule has 5 heteroatoms. The van der Waals surface area contributed by atoms with E-state index in [4.69, 9.17) is 9.47 Å². The van der Waals surface area contributed by atoms with Crippen LogP contribution in [0.3, 0.4) is 0 Å². The Labute approximate surface area is 147 Å². The van der Waals surface area contributed by atoms with Crippen LogP contribution in [0, 0.1) is 17.8 Å². The lowest BCUT2D eigenvalue weighted by Crippen LogP contribution is -2.38. The lowest BCUT2D eigenvalue weighted by molar-refractivity contribution is -0.148. The largest absolute Gasteiger partial charge is 0.461 e. The minimum absolute atomic E-state index is 0.0223. The Kier molecular flexibility index (Phi) is 4.43. The molecule has 25 heavy (non-hydrogen) atoms. The Balaban J connectivity index is 2.02. The van der Waals surface area contributed by atoms with Crippen molar-refractivity contribution in [3.05, 3.63) is 34.4 Å². The fourth-order valence-corrected chi connectivity index (χ4v) is 4.26. The second-order valence-electron chi connectivity index (χ2n) is 7.31. The zero-order valence-electron chi connectivity index (χ0n) is 15.3. The molecule has 5 atom stereocenters. The summed E-state index contributed by atoms with van der Waals surface area (Å²) in [5.41, 5.74) is 3.05. The topological polar surface area (TPSA) is 69.7 Å². The number of esters is 2. The third-order valence-corrected chi connectivity index (χ3v) is 5.74. The van der Waals surface area contributed by atoms with Gasteiger partial charge in [-0.25, -0.2) is 4.79 Å². The van der Waals surface area contributed by atoms with Gasteiger partial charge in [-0.05, 0) is 33.8 Å². The van der Waals surface area contributed by atoms with E-state index in [-0.39, 0.29) is 35.5 Å². The van der Waals surface area contributed by atoms with E-state index in [1.807, 2.05) is 20.8 Å². The molecule has 0 unspecified atom stereocenters. The van der Waals surface area contributed by atoms with Gasteiger partial charge >= 0.3 is 11.9 Å². The predicted molar refractivity (Wildman–Crippen MR) is 91.4 cm³/mol. The van der Waals surface area contributed by atoms with Crippen LogP contribution in [0.2, 0.25) is 0 Å². The Morgan fingerprint density at radius 2 is 2.00 bits per heavy atom. The van der Waals surface area contributed by atoms with E-state index in [0.717, 1.165) is 11.1 Å². The minimum atomic E-state index is -0.479. The maximum Gasteiger partial charge on any atom is 0.333 e. The molecule has 3 rings (SSSR count). The SMILES string of the molecule is C/C=C(\C)C(=O)O[C@@H]1CC(C)=C2C(=O)C=C(C)[C@H]2[C@@H]2OC(=O)[C@@H](C)[C@@H]21. The summed E-state index contributed by atoms with van der Waals surface area (Å²) in [5, 5.41) is 0. The number of ketones is 1. The third kappa shape index (κ3) is 2.75. The monoisotopic (exact) mass is 344 g/mol. The number of fused-ring (bicyclic) bond motifs is 3. The molecule has 1 heterocycles. The first kappa shape index (κ1) is 17.6. The van der Waals surface area contributed by atoms with Crippen molar-refractivity contribution in [3.8, 4) is 0 Å². The number of rotatable bonds is 2. The lowest BCUT2D eigenvalue weighted by Gasteiger charge is -2.29. The first-order valence-electron chi connectivity index (χ1n) is 8.72. The highest BCUT2D eigenvalue weighted by molar-refractivity contribution is 6.09. The Bertz CT molecular complexity index is 739. The second kappa shape index (κ2) is 6.28. The molecule has 0 saturated carbocycles. The Hall–Kier alpha value is -2.17. The molecule has 0 aromatic rings. The zero-order valence-corrected chi connectivity index (χ0v) is 15.3. The predicted octanol–water partition coefficient (Wildman–Crippen LogP) is 2.91. The van der Waals surface area contributed by atoms with Crippen molar-refractivity contribution < 1.29 is 23.9 Å². The Morgan fingerprint density at radius 1 is 1.32 bits per heavy atom. The fraction of sp³-hybridized carbons (Fsp3) is 0.550. The number of allylic oxidation sites excluding steroid dienone is 2. The smallest absolute Gasteiger partial charge is 0.333 e. The van der Waals surface area contributed by atoms with Crippen LogP contribution < -0.4 is 0 Å². The first-order valence-corrected chi connectivity index (χ1v) is 8.72. The highest BCUT2D eigenvalue weighted by atomic mass is 16.6. The van der Waals surface area contributed by atoms with E-state index in [1.54, 1.807) is 26.0 Å². The molecule has 0 amide bonds. The molecule has 1 saturated heterocycles. The number of ether oxygens (including phenoxy) is 2. The van der Waals surface area contributed by atoms with Crippen LogP contribution >= 0.6 is 0 Å². The van der Waals surface area contributed by atoms with Gasteiger partial charge in [0.2, 0.25) is 0 Å². The number of hydrogen-bond donors (Lipinski definition) is 0. The summed E-state index contributed by atoms with van der Waals surface area (Å²) >= 11 is 0. The second-order valence-corrected chi connectivity index (χ2v) is 7.31. The molecule has 0 spiro atoms. The molecule has 1 fully saturated rings. The molecular formula is C20H24O5. The summed E-state index contributed by atoms with van der Waals surface area (Å²) in [4.78, 5) is 37.0. The summed E-state index contributed by atoms with van der Waals surface area (Å²) in [6.45, 7) is 9.09. The van der Waals surface area contributed by atoms with Gasteiger partial charge in [-0.1, -0.05) is 24.1 Å². The minimum Gasteiger partial charge on any atom is -0.461 e. The van der Waals surface area contributed by atoms with Gasteiger partial charge in [0, 0.05) is 29.4 Å². The molecule has 1 aliphatic heterocycles. The summed E-state index contributed by atoms with van der Waals surface area (Å²) in [6.07, 6.45) is 2.85. The molecule has 0 bridgehead atoms. The van der Waals surface area contributed by atoms with Crippen molar-refractivity contribution in [2.24, 2.45) is 17.8 Å². The van der Waals surface area contributed by atoms with Crippen LogP contribution in [0.1, 0.15) is 41.0 Å². The van der Waals surface area contributed by atoms with Crippen molar-refractivity contribution in [2.75, 3.05) is 0 Å². The van der Waals surface area contributed by atoms with E-state index >= 15 is 0 Å². The van der Waals surface area contributed by atoms with Crippen molar-refractivity contribution in [2.45, 2.75) is 53.2 Å². The summed E-state index contributed by atoms with van der Waals surface area (Å²) < 4.78 is 11.4. The highest BCUT2D eigenvalue weighted by Crippen LogP contribution is 2.48. The average molecular weight is 344 g/mol. The van der Waals surface area contributed by atoms with Crippen molar-refractivity contribution in [1.82, 2.24) is 0 Å². The molecule has 3 aliphatic rings. The molecule has 2 aliphatic carbocycles. The van der Waals surface area contributed by atoms with E-state index < -0.39 is 12.2 Å². The number of carbonyl (C=O) groups is 3. The summed E-state index contributed by atoms with van der Waals surface area (Å²) in [7, 11) is 0. The van der Waals surface area contributed by atoms with Crippen LogP contribution in [0.4, 0.5) is 0 Å². The van der Waals surface area contributed by atoms with Crippen LogP contribution in [0.5, 0.6) is 0 Å². The van der Waals surface area contributed by atoms with Gasteiger partial charge in [-0.15, -0.1) is 0 Å². The number of hydrogen-bond acceptors (Lipinski definition) is 5. The van der Waals surface area contributed by atoms with E-state index in [9.17, 15) is 14.4 Å². The van der Waals surface area contributed by atoms with Crippen molar-refractivity contribution >= 4 is 17.7 Å². The van der Waals surface area contributed by atoms with Gasteiger partial charge < -0.3 is 9.47 Å². The van der Waals surface area contributed by atoms with E-state index in [0.29, 0.717) is 17.6 Å². The molecule has 5 nitrogen and oxygen atoms in total. The van der Waals surface area contributed by atoms with Gasteiger partial charge in [0.25, 0.3) is 0 Å². The maximum absolute atomic E-state index is 12.4. The third-order valence-electron chi connectivity index (χ3n) is 5.74. The zero-order chi connectivity index (χ0) is 18.5. The van der Waals surface area contributed by atoms with E-state index in [2.05, 4.69) is 0 Å². The normalized spacial score (nSPS) is 35.0. The number of carbonyl (C=O) groups excluding carboxylic acids is 3. The lowest BCUT2D eigenvalue weighted by atomic mass is 9.79. The van der Waals surface area contributed by atoms with Crippen LogP contribution in [0.25, 0.3) is 0 Å². The van der Waals surface area contributed by atoms with Crippen LogP contribution in [-0.4, -0.2) is 29.9 Å². The molecule has 0 aromatic carbocycles. The summed E-state index contributed by atoms with van der Waals surface area (Å²) in [5.74, 6) is -1.55.